The Hall–Kier alpha value is -2.69. The van der Waals surface area contributed by atoms with Gasteiger partial charge >= 0.3 is 0 Å². The van der Waals surface area contributed by atoms with E-state index in [1.807, 2.05) is 24.3 Å². The second-order valence-corrected chi connectivity index (χ2v) is 6.14. The number of hydrogen-bond acceptors (Lipinski definition) is 3. The molecule has 1 N–H and O–H groups in total. The summed E-state index contributed by atoms with van der Waals surface area (Å²) in [6.45, 7) is 0.604. The van der Waals surface area contributed by atoms with Crippen molar-refractivity contribution in [2.24, 2.45) is 5.16 Å². The number of rotatable bonds is 7. The van der Waals surface area contributed by atoms with Crippen molar-refractivity contribution in [2.45, 2.75) is 31.8 Å². The second-order valence-electron chi connectivity index (χ2n) is 6.14. The van der Waals surface area contributed by atoms with Gasteiger partial charge in [0.25, 0.3) is 5.91 Å². The maximum atomic E-state index is 13.2. The number of halogens is 1. The molecule has 4 nitrogen and oxygen atoms in total. The van der Waals surface area contributed by atoms with Gasteiger partial charge in [-0.2, -0.15) is 0 Å². The van der Waals surface area contributed by atoms with Crippen molar-refractivity contribution >= 4 is 11.6 Å². The number of benzene rings is 2. The van der Waals surface area contributed by atoms with E-state index in [1.54, 1.807) is 6.07 Å². The monoisotopic (exact) mass is 340 g/mol. The number of carbonyl (C=O) groups excluding carboxylic acids is 1. The average Bonchev–Trinajstić information content (AvgIpc) is 3.08. The summed E-state index contributed by atoms with van der Waals surface area (Å²) in [4.78, 5) is 17.4. The zero-order valence-electron chi connectivity index (χ0n) is 14.0. The Balaban J connectivity index is 1.38. The largest absolute Gasteiger partial charge is 0.382 e. The van der Waals surface area contributed by atoms with E-state index in [4.69, 9.17) is 4.84 Å². The van der Waals surface area contributed by atoms with E-state index >= 15 is 0 Å². The molecule has 1 amide bonds. The fourth-order valence-corrected chi connectivity index (χ4v) is 2.82. The number of nitrogens with zero attached hydrogens (tertiary/aromatic N) is 1. The Labute approximate surface area is 146 Å². The molecule has 0 aliphatic carbocycles. The third-order valence-electron chi connectivity index (χ3n) is 4.10. The molecule has 1 atom stereocenters. The summed E-state index contributed by atoms with van der Waals surface area (Å²) in [5.74, 6) is -0.421. The maximum absolute atomic E-state index is 13.2. The Kier molecular flexibility index (Phi) is 5.77. The molecule has 1 aliphatic rings. The van der Waals surface area contributed by atoms with Crippen molar-refractivity contribution in [3.8, 4) is 0 Å². The van der Waals surface area contributed by atoms with Crippen LogP contribution in [0, 0.1) is 5.82 Å². The van der Waals surface area contributed by atoms with E-state index in [2.05, 4.69) is 22.6 Å². The van der Waals surface area contributed by atoms with Gasteiger partial charge < -0.3 is 10.2 Å². The van der Waals surface area contributed by atoms with Crippen molar-refractivity contribution in [3.63, 3.8) is 0 Å². The molecule has 3 rings (SSSR count). The van der Waals surface area contributed by atoms with Gasteiger partial charge in [-0.1, -0.05) is 47.6 Å². The molecule has 0 aromatic heterocycles. The molecular formula is C20H21FN2O2. The minimum Gasteiger partial charge on any atom is -0.382 e. The Morgan fingerprint density at radius 3 is 2.76 bits per heavy atom. The van der Waals surface area contributed by atoms with Crippen LogP contribution in [-0.2, 0) is 22.5 Å². The van der Waals surface area contributed by atoms with E-state index in [0.29, 0.717) is 19.4 Å². The molecule has 2 aromatic rings. The van der Waals surface area contributed by atoms with Crippen molar-refractivity contribution in [2.75, 3.05) is 6.54 Å². The summed E-state index contributed by atoms with van der Waals surface area (Å²) in [5, 5.41) is 6.86. The van der Waals surface area contributed by atoms with Gasteiger partial charge in [0.1, 0.15) is 5.82 Å². The van der Waals surface area contributed by atoms with Crippen LogP contribution < -0.4 is 5.32 Å². The van der Waals surface area contributed by atoms with Gasteiger partial charge in [-0.25, -0.2) is 4.39 Å². The van der Waals surface area contributed by atoms with Crippen molar-refractivity contribution in [3.05, 3.63) is 71.5 Å². The predicted octanol–water partition coefficient (Wildman–Crippen LogP) is 3.26. The minimum absolute atomic E-state index is 0.147. The van der Waals surface area contributed by atoms with Crippen LogP contribution in [0.1, 0.15) is 24.0 Å². The van der Waals surface area contributed by atoms with Gasteiger partial charge in [0, 0.05) is 19.4 Å². The first kappa shape index (κ1) is 17.1. The lowest BCUT2D eigenvalue weighted by molar-refractivity contribution is -0.131. The second kappa shape index (κ2) is 8.42. The first-order valence-corrected chi connectivity index (χ1v) is 8.48. The Bertz CT molecular complexity index is 746. The number of hydrogen-bond donors (Lipinski definition) is 1. The molecule has 130 valence electrons. The smallest absolute Gasteiger partial charge is 0.264 e. The Morgan fingerprint density at radius 1 is 1.16 bits per heavy atom. The number of amides is 1. The molecule has 0 saturated carbocycles. The third-order valence-corrected chi connectivity index (χ3v) is 4.10. The first-order valence-electron chi connectivity index (χ1n) is 8.48. The summed E-state index contributed by atoms with van der Waals surface area (Å²) in [6.07, 6.45) is 2.16. The fourth-order valence-electron chi connectivity index (χ4n) is 2.82. The van der Waals surface area contributed by atoms with Gasteiger partial charge in [-0.05, 0) is 36.1 Å². The molecule has 0 saturated heterocycles. The van der Waals surface area contributed by atoms with E-state index < -0.39 is 6.10 Å². The van der Waals surface area contributed by atoms with Crippen molar-refractivity contribution in [1.82, 2.24) is 5.32 Å². The summed E-state index contributed by atoms with van der Waals surface area (Å²) in [7, 11) is 0. The normalized spacial score (nSPS) is 16.2. The molecule has 2 aromatic carbocycles. The highest BCUT2D eigenvalue weighted by molar-refractivity contribution is 5.93. The van der Waals surface area contributed by atoms with Crippen molar-refractivity contribution < 1.29 is 14.0 Å². The highest BCUT2D eigenvalue weighted by Crippen LogP contribution is 2.15. The highest BCUT2D eigenvalue weighted by atomic mass is 19.1. The van der Waals surface area contributed by atoms with Crippen LogP contribution in [0.5, 0.6) is 0 Å². The van der Waals surface area contributed by atoms with E-state index in [0.717, 1.165) is 24.1 Å². The van der Waals surface area contributed by atoms with Gasteiger partial charge in [-0.3, -0.25) is 4.79 Å². The lowest BCUT2D eigenvalue weighted by Gasteiger charge is -2.09. The molecule has 1 heterocycles. The lowest BCUT2D eigenvalue weighted by Crippen LogP contribution is -2.35. The topological polar surface area (TPSA) is 50.7 Å². The van der Waals surface area contributed by atoms with Crippen LogP contribution in [-0.4, -0.2) is 24.3 Å². The van der Waals surface area contributed by atoms with Crippen LogP contribution >= 0.6 is 0 Å². The van der Waals surface area contributed by atoms with Crippen molar-refractivity contribution in [1.29, 1.82) is 0 Å². The summed E-state index contributed by atoms with van der Waals surface area (Å²) >= 11 is 0. The minimum atomic E-state index is -0.583. The van der Waals surface area contributed by atoms with Crippen LogP contribution in [0.4, 0.5) is 4.39 Å². The standard InChI is InChI=1S/C20H21FN2O2/c21-17-10-4-8-16(12-17)13-18-14-19(25-23-18)20(24)22-11-5-9-15-6-2-1-3-7-15/h1-4,6-8,10,12,19H,5,9,11,13-14H2,(H,22,24)/t19-/m0/s1. The number of nitrogens with one attached hydrogen (secondary N) is 1. The summed E-state index contributed by atoms with van der Waals surface area (Å²) in [5.41, 5.74) is 2.84. The molecular weight excluding hydrogens is 319 g/mol. The predicted molar refractivity (Wildman–Crippen MR) is 94.8 cm³/mol. The molecule has 5 heteroatoms. The molecule has 0 radical (unpaired) electrons. The maximum Gasteiger partial charge on any atom is 0.264 e. The molecule has 1 aliphatic heterocycles. The zero-order valence-corrected chi connectivity index (χ0v) is 14.0. The molecule has 25 heavy (non-hydrogen) atoms. The third kappa shape index (κ3) is 5.14. The summed E-state index contributed by atoms with van der Waals surface area (Å²) < 4.78 is 13.2. The van der Waals surface area contributed by atoms with Crippen LogP contribution in [0.2, 0.25) is 0 Å². The van der Waals surface area contributed by atoms with E-state index in [-0.39, 0.29) is 11.7 Å². The van der Waals surface area contributed by atoms with Crippen LogP contribution in [0.15, 0.2) is 59.8 Å². The first-order chi connectivity index (χ1) is 12.2. The average molecular weight is 340 g/mol. The number of carbonyl (C=O) groups is 1. The molecule has 0 unspecified atom stereocenters. The van der Waals surface area contributed by atoms with Crippen LogP contribution in [0.3, 0.4) is 0 Å². The quantitative estimate of drug-likeness (QED) is 0.787. The fraction of sp³-hybridized carbons (Fsp3) is 0.300. The van der Waals surface area contributed by atoms with E-state index in [9.17, 15) is 9.18 Å². The molecule has 0 bridgehead atoms. The number of oxime groups is 1. The highest BCUT2D eigenvalue weighted by Gasteiger charge is 2.27. The molecule has 0 spiro atoms. The van der Waals surface area contributed by atoms with Crippen LogP contribution in [0.25, 0.3) is 0 Å². The summed E-state index contributed by atoms with van der Waals surface area (Å²) in [6, 6.07) is 16.5. The van der Waals surface area contributed by atoms with Gasteiger partial charge in [0.05, 0.1) is 5.71 Å². The SMILES string of the molecule is O=C(NCCCc1ccccc1)[C@@H]1CC(Cc2cccc(F)c2)=NO1. The van der Waals surface area contributed by atoms with Gasteiger partial charge in [-0.15, -0.1) is 0 Å². The zero-order chi connectivity index (χ0) is 17.5. The lowest BCUT2D eigenvalue weighted by atomic mass is 10.0. The van der Waals surface area contributed by atoms with Gasteiger partial charge in [0.2, 0.25) is 6.10 Å². The Morgan fingerprint density at radius 2 is 1.96 bits per heavy atom. The van der Waals surface area contributed by atoms with Gasteiger partial charge in [0.15, 0.2) is 0 Å². The number of aryl methyl sites for hydroxylation is 1. The molecule has 0 fully saturated rings. The van der Waals surface area contributed by atoms with E-state index in [1.165, 1.54) is 17.7 Å².